The summed E-state index contributed by atoms with van der Waals surface area (Å²) < 4.78 is 0. The summed E-state index contributed by atoms with van der Waals surface area (Å²) in [6.45, 7) is 0.00200. The molecule has 6 amide bonds. The van der Waals surface area contributed by atoms with Crippen molar-refractivity contribution in [2.45, 2.75) is 43.0 Å². The Bertz CT molecular complexity index is 1590. The van der Waals surface area contributed by atoms with E-state index in [2.05, 4.69) is 39.2 Å². The lowest BCUT2D eigenvalue weighted by Crippen LogP contribution is -2.41. The molecule has 0 bridgehead atoms. The second-order valence-electron chi connectivity index (χ2n) is 11.3. The first-order valence-corrected chi connectivity index (χ1v) is 17.2. The molecule has 0 spiro atoms. The molecule has 0 saturated carbocycles. The van der Waals surface area contributed by atoms with Crippen molar-refractivity contribution in [3.63, 3.8) is 0 Å². The van der Waals surface area contributed by atoms with E-state index in [0.717, 1.165) is 36.8 Å². The molecule has 6 N–H and O–H groups in total. The van der Waals surface area contributed by atoms with E-state index in [1.165, 1.54) is 17.0 Å². The standard InChI is InChI=1S/C31H37N7O9S2/c39-25(4-2-1-3-24-27-22(17-49-24)35-31(45)36-27)34-16-26(40)37(13-14-48)20-8-5-18(6-9-20)28(41)32-11-12-33-29(42)21-10-7-19(30(43)44)15-23(21)38(46)47/h5-10,15,22,24,27,48H,1-4,11-14,16-17H2,(H,32,41)(H,33,42)(H,34,39)(H,43,44)(H2,35,36,45)/t22-,24-,27-/m0/s1. The monoisotopic (exact) mass is 715 g/mol. The van der Waals surface area contributed by atoms with Crippen molar-refractivity contribution in [3.05, 3.63) is 69.3 Å². The molecule has 0 aliphatic carbocycles. The number of urea groups is 1. The number of nitro benzene ring substituents is 1. The van der Waals surface area contributed by atoms with Crippen molar-refractivity contribution in [1.82, 2.24) is 26.6 Å². The maximum absolute atomic E-state index is 13.0. The zero-order valence-electron chi connectivity index (χ0n) is 26.3. The number of amides is 6. The molecule has 18 heteroatoms. The largest absolute Gasteiger partial charge is 0.478 e. The van der Waals surface area contributed by atoms with Crippen LogP contribution in [0.1, 0.15) is 56.8 Å². The highest BCUT2D eigenvalue weighted by Gasteiger charge is 2.42. The molecular formula is C31H37N7O9S2. The smallest absolute Gasteiger partial charge is 0.335 e. The lowest BCUT2D eigenvalue weighted by Gasteiger charge is -2.22. The molecule has 3 atom stereocenters. The fourth-order valence-electron chi connectivity index (χ4n) is 5.48. The first-order chi connectivity index (χ1) is 23.5. The highest BCUT2D eigenvalue weighted by molar-refractivity contribution is 8.00. The number of aromatic carboxylic acids is 1. The van der Waals surface area contributed by atoms with Gasteiger partial charge in [0.05, 0.1) is 29.1 Å². The van der Waals surface area contributed by atoms with Gasteiger partial charge in [0.25, 0.3) is 17.5 Å². The Morgan fingerprint density at radius 3 is 2.35 bits per heavy atom. The number of hydrogen-bond acceptors (Lipinski definition) is 10. The third kappa shape index (κ3) is 10.1. The number of rotatable bonds is 17. The van der Waals surface area contributed by atoms with Gasteiger partial charge in [0.2, 0.25) is 11.8 Å². The van der Waals surface area contributed by atoms with Crippen molar-refractivity contribution in [2.75, 3.05) is 42.6 Å². The molecule has 2 aliphatic heterocycles. The fraction of sp³-hybridized carbons (Fsp3) is 0.419. The van der Waals surface area contributed by atoms with Crippen molar-refractivity contribution < 1.29 is 38.8 Å². The zero-order chi connectivity index (χ0) is 35.5. The molecule has 49 heavy (non-hydrogen) atoms. The minimum atomic E-state index is -1.37. The van der Waals surface area contributed by atoms with Crippen LogP contribution in [0.5, 0.6) is 0 Å². The van der Waals surface area contributed by atoms with Gasteiger partial charge in [-0.25, -0.2) is 9.59 Å². The summed E-state index contributed by atoms with van der Waals surface area (Å²) in [5.41, 5.74) is -0.517. The molecule has 4 rings (SSSR count). The minimum Gasteiger partial charge on any atom is -0.478 e. The van der Waals surface area contributed by atoms with Gasteiger partial charge in [-0.3, -0.25) is 29.3 Å². The van der Waals surface area contributed by atoms with Gasteiger partial charge >= 0.3 is 12.0 Å². The number of nitro groups is 1. The van der Waals surface area contributed by atoms with E-state index in [9.17, 15) is 38.9 Å². The van der Waals surface area contributed by atoms with E-state index >= 15 is 0 Å². The lowest BCUT2D eigenvalue weighted by atomic mass is 10.0. The predicted molar refractivity (Wildman–Crippen MR) is 184 cm³/mol. The molecule has 2 heterocycles. The third-order valence-corrected chi connectivity index (χ3v) is 9.67. The minimum absolute atomic E-state index is 0.00643. The fourth-order valence-corrected chi connectivity index (χ4v) is 7.22. The maximum Gasteiger partial charge on any atom is 0.335 e. The van der Waals surface area contributed by atoms with Crippen molar-refractivity contribution >= 4 is 71.4 Å². The van der Waals surface area contributed by atoms with Crippen molar-refractivity contribution in [1.29, 1.82) is 0 Å². The lowest BCUT2D eigenvalue weighted by molar-refractivity contribution is -0.385. The second-order valence-corrected chi connectivity index (χ2v) is 13.0. The highest BCUT2D eigenvalue weighted by Crippen LogP contribution is 2.33. The van der Waals surface area contributed by atoms with Gasteiger partial charge in [0.15, 0.2) is 0 Å². The maximum atomic E-state index is 13.0. The van der Waals surface area contributed by atoms with Crippen LogP contribution in [0.2, 0.25) is 0 Å². The van der Waals surface area contributed by atoms with Crippen LogP contribution in [0, 0.1) is 10.1 Å². The van der Waals surface area contributed by atoms with Gasteiger partial charge in [-0.15, -0.1) is 0 Å². The van der Waals surface area contributed by atoms with Crippen LogP contribution < -0.4 is 31.5 Å². The number of anilines is 1. The van der Waals surface area contributed by atoms with E-state index in [1.54, 1.807) is 12.1 Å². The molecular weight excluding hydrogens is 679 g/mol. The van der Waals surface area contributed by atoms with E-state index < -0.39 is 28.4 Å². The van der Waals surface area contributed by atoms with Gasteiger partial charge in [0.1, 0.15) is 5.56 Å². The van der Waals surface area contributed by atoms with Gasteiger partial charge in [-0.1, -0.05) is 6.42 Å². The molecule has 0 unspecified atom stereocenters. The Morgan fingerprint density at radius 2 is 1.67 bits per heavy atom. The van der Waals surface area contributed by atoms with Gasteiger partial charge in [-0.2, -0.15) is 24.4 Å². The quantitative estimate of drug-likeness (QED) is 0.0411. The summed E-state index contributed by atoms with van der Waals surface area (Å²) in [5, 5.41) is 34.3. The van der Waals surface area contributed by atoms with E-state index in [0.29, 0.717) is 23.1 Å². The molecule has 2 aromatic rings. The summed E-state index contributed by atoms with van der Waals surface area (Å²) in [6.07, 6.45) is 2.66. The molecule has 262 valence electrons. The normalized spacial score (nSPS) is 17.7. The second kappa shape index (κ2) is 17.5. The summed E-state index contributed by atoms with van der Waals surface area (Å²) in [5.74, 6) is -1.97. The van der Waals surface area contributed by atoms with Gasteiger partial charge in [0, 0.05) is 60.1 Å². The Balaban J connectivity index is 1.18. The van der Waals surface area contributed by atoms with Gasteiger partial charge < -0.3 is 36.6 Å². The average Bonchev–Trinajstić information content (AvgIpc) is 3.64. The Kier molecular flexibility index (Phi) is 13.2. The summed E-state index contributed by atoms with van der Waals surface area (Å²) in [4.78, 5) is 85.0. The molecule has 2 fully saturated rings. The number of carbonyl (C=O) groups is 6. The number of nitrogens with one attached hydrogen (secondary N) is 5. The number of benzene rings is 2. The third-order valence-electron chi connectivity index (χ3n) is 7.97. The molecule has 2 aliphatic rings. The zero-order valence-corrected chi connectivity index (χ0v) is 28.0. The van der Waals surface area contributed by atoms with E-state index in [-0.39, 0.29) is 79.2 Å². The SMILES string of the molecule is O=C(CCCC[C@@H]1SC[C@@H]2NC(=O)N[C@@H]21)NCC(=O)N(CCS)c1ccc(C(=O)NCCNC(=O)c2ccc(C(=O)O)cc2[N+](=O)[O-])cc1. The number of fused-ring (bicyclic) bond motifs is 1. The molecule has 16 nitrogen and oxygen atoms in total. The summed E-state index contributed by atoms with van der Waals surface area (Å²) >= 11 is 6.06. The number of hydrogen-bond donors (Lipinski definition) is 7. The van der Waals surface area contributed by atoms with Gasteiger partial charge in [-0.05, 0) is 49.2 Å². The van der Waals surface area contributed by atoms with Crippen LogP contribution in [-0.2, 0) is 9.59 Å². The number of thioether (sulfide) groups is 1. The summed E-state index contributed by atoms with van der Waals surface area (Å²) in [6, 6.07) is 9.32. The molecule has 0 radical (unpaired) electrons. The Morgan fingerprint density at radius 1 is 0.980 bits per heavy atom. The number of nitrogens with zero attached hydrogens (tertiary/aromatic N) is 2. The van der Waals surface area contributed by atoms with Crippen LogP contribution in [-0.4, -0.2) is 101 Å². The predicted octanol–water partition coefficient (Wildman–Crippen LogP) is 1.56. The topological polar surface area (TPSA) is 229 Å². The number of carboxylic acids is 1. The number of carboxylic acid groups (broad SMARTS) is 1. The molecule has 2 aromatic carbocycles. The van der Waals surface area contributed by atoms with E-state index in [1.807, 2.05) is 11.8 Å². The van der Waals surface area contributed by atoms with Crippen LogP contribution in [0.4, 0.5) is 16.2 Å². The molecule has 0 aromatic heterocycles. The first-order valence-electron chi connectivity index (χ1n) is 15.5. The van der Waals surface area contributed by atoms with Crippen LogP contribution in [0.15, 0.2) is 42.5 Å². The van der Waals surface area contributed by atoms with Crippen molar-refractivity contribution in [3.8, 4) is 0 Å². The average molecular weight is 716 g/mol. The number of unbranched alkanes of at least 4 members (excludes halogenated alkanes) is 1. The first kappa shape index (κ1) is 37.0. The summed E-state index contributed by atoms with van der Waals surface area (Å²) in [7, 11) is 0. The Hall–Kier alpha value is -4.84. The van der Waals surface area contributed by atoms with Crippen LogP contribution in [0.3, 0.4) is 0 Å². The Labute approximate surface area is 291 Å². The highest BCUT2D eigenvalue weighted by atomic mass is 32.2. The van der Waals surface area contributed by atoms with Crippen LogP contribution >= 0.6 is 24.4 Å². The number of thiol groups is 1. The van der Waals surface area contributed by atoms with Crippen molar-refractivity contribution in [2.24, 2.45) is 0 Å². The number of carbonyl (C=O) groups excluding carboxylic acids is 5. The van der Waals surface area contributed by atoms with E-state index in [4.69, 9.17) is 5.11 Å². The molecule has 2 saturated heterocycles. The van der Waals surface area contributed by atoms with Crippen LogP contribution in [0.25, 0.3) is 0 Å².